The number of aliphatic hydroxyl groups excluding tert-OH is 2. The summed E-state index contributed by atoms with van der Waals surface area (Å²) in [7, 11) is 0. The number of ketones is 1. The zero-order valence-electron chi connectivity index (χ0n) is 18.7. The van der Waals surface area contributed by atoms with Crippen LogP contribution in [0.2, 0.25) is 0 Å². The van der Waals surface area contributed by atoms with Gasteiger partial charge >= 0.3 is 29.6 Å². The van der Waals surface area contributed by atoms with E-state index >= 15 is 0 Å². The maximum atomic E-state index is 12.6. The minimum atomic E-state index is -1.66. The Morgan fingerprint density at radius 2 is 1.67 bits per heavy atom. The number of carboxylic acids is 1. The van der Waals surface area contributed by atoms with Crippen LogP contribution in [0.15, 0.2) is 30.3 Å². The number of aromatic hydroxyl groups is 3. The zero-order chi connectivity index (χ0) is 23.8. The Morgan fingerprint density at radius 3 is 2.18 bits per heavy atom. The van der Waals surface area contributed by atoms with Gasteiger partial charge in [-0.25, -0.2) is 0 Å². The van der Waals surface area contributed by atoms with Crippen LogP contribution >= 0.6 is 0 Å². The quantitative estimate of drug-likeness (QED) is 0.171. The first kappa shape index (κ1) is 28.7. The van der Waals surface area contributed by atoms with E-state index in [2.05, 4.69) is 0 Å². The topological polar surface area (TPSA) is 168 Å². The second kappa shape index (κ2) is 13.4. The summed E-state index contributed by atoms with van der Waals surface area (Å²) in [4.78, 5) is 23.7. The average Bonchev–Trinajstić information content (AvgIpc) is 2.73. The number of rotatable bonds is 12. The Balaban J connectivity index is 0.00000544. The summed E-state index contributed by atoms with van der Waals surface area (Å²) in [6, 6.07) is 7.12. The molecule has 174 valence electrons. The molecule has 0 spiro atoms. The molecule has 2 aromatic carbocycles. The summed E-state index contributed by atoms with van der Waals surface area (Å²) in [6.07, 6.45) is -1.67. The maximum Gasteiger partial charge on any atom is 1.00 e. The molecular formula is C23H27NaO9. The second-order valence-electron chi connectivity index (χ2n) is 7.47. The third-order valence-corrected chi connectivity index (χ3v) is 4.90. The number of carbonyl (C=O) groups is 2. The van der Waals surface area contributed by atoms with Crippen molar-refractivity contribution < 1.29 is 74.5 Å². The van der Waals surface area contributed by atoms with Crippen molar-refractivity contribution in [3.05, 3.63) is 47.0 Å². The normalized spacial score (nSPS) is 12.5. The van der Waals surface area contributed by atoms with Gasteiger partial charge in [-0.2, -0.15) is 0 Å². The van der Waals surface area contributed by atoms with Gasteiger partial charge in [0.25, 0.3) is 0 Å². The van der Waals surface area contributed by atoms with Crippen LogP contribution in [-0.2, 0) is 17.6 Å². The first-order valence-electron chi connectivity index (χ1n) is 10.2. The third kappa shape index (κ3) is 8.21. The van der Waals surface area contributed by atoms with Gasteiger partial charge in [0, 0.05) is 25.0 Å². The molecule has 10 heteroatoms. The molecule has 5 N–H and O–H groups in total. The molecule has 0 bridgehead atoms. The van der Waals surface area contributed by atoms with Gasteiger partial charge in [-0.1, -0.05) is 25.5 Å². The molecular weight excluding hydrogens is 443 g/mol. The van der Waals surface area contributed by atoms with Crippen LogP contribution in [-0.4, -0.2) is 56.1 Å². The Hall–Kier alpha value is -2.30. The van der Waals surface area contributed by atoms with Gasteiger partial charge < -0.3 is 40.2 Å². The molecule has 0 radical (unpaired) electrons. The van der Waals surface area contributed by atoms with Gasteiger partial charge in [0.15, 0.2) is 5.78 Å². The van der Waals surface area contributed by atoms with Crippen LogP contribution in [0, 0.1) is 0 Å². The van der Waals surface area contributed by atoms with E-state index < -0.39 is 48.5 Å². The van der Waals surface area contributed by atoms with E-state index in [4.69, 9.17) is 9.84 Å². The van der Waals surface area contributed by atoms with Crippen molar-refractivity contribution in [1.29, 1.82) is 0 Å². The first-order valence-corrected chi connectivity index (χ1v) is 10.2. The number of Topliss-reactive ketones (excluding diaryl/α,β-unsaturated/α-hetero) is 1. The molecule has 0 saturated heterocycles. The van der Waals surface area contributed by atoms with Gasteiger partial charge in [-0.05, 0) is 30.0 Å². The van der Waals surface area contributed by atoms with Crippen molar-refractivity contribution in [2.45, 2.75) is 51.2 Å². The Morgan fingerprint density at radius 1 is 1.03 bits per heavy atom. The summed E-state index contributed by atoms with van der Waals surface area (Å²) in [5.41, 5.74) is 1.19. The molecule has 0 amide bonds. The fourth-order valence-electron chi connectivity index (χ4n) is 3.25. The molecule has 2 aromatic rings. The fourth-order valence-corrected chi connectivity index (χ4v) is 3.25. The zero-order valence-corrected chi connectivity index (χ0v) is 20.7. The molecule has 2 unspecified atom stereocenters. The number of phenolic OH excluding ortho intramolecular Hbond substituents is 3. The summed E-state index contributed by atoms with van der Waals surface area (Å²) in [5, 5.41) is 59.9. The van der Waals surface area contributed by atoms with E-state index in [0.29, 0.717) is 5.56 Å². The number of benzene rings is 2. The monoisotopic (exact) mass is 470 g/mol. The number of aliphatic carboxylic acids is 1. The van der Waals surface area contributed by atoms with E-state index in [9.17, 15) is 35.1 Å². The minimum absolute atomic E-state index is 0. The van der Waals surface area contributed by atoms with Gasteiger partial charge in [0.05, 0.1) is 18.7 Å². The van der Waals surface area contributed by atoms with E-state index in [1.807, 2.05) is 6.92 Å². The first-order chi connectivity index (χ1) is 15.2. The van der Waals surface area contributed by atoms with Gasteiger partial charge in [0.2, 0.25) is 0 Å². The molecule has 9 nitrogen and oxygen atoms in total. The average molecular weight is 470 g/mol. The van der Waals surface area contributed by atoms with Crippen molar-refractivity contribution in [1.82, 2.24) is 0 Å². The van der Waals surface area contributed by atoms with Crippen molar-refractivity contribution in [3.8, 4) is 23.0 Å². The summed E-state index contributed by atoms with van der Waals surface area (Å²) < 4.78 is 5.13. The molecule has 0 heterocycles. The molecule has 0 saturated carbocycles. The van der Waals surface area contributed by atoms with Crippen LogP contribution in [0.25, 0.3) is 0 Å². The number of carbonyl (C=O) groups excluding carboxylic acids is 2. The maximum absolute atomic E-state index is 12.6. The molecule has 2 atom stereocenters. The molecule has 0 aromatic heterocycles. The molecule has 0 aliphatic carbocycles. The van der Waals surface area contributed by atoms with E-state index in [1.54, 1.807) is 18.2 Å². The summed E-state index contributed by atoms with van der Waals surface area (Å²) in [5.74, 6) is -3.54. The Kier molecular flexibility index (Phi) is 11.7. The van der Waals surface area contributed by atoms with E-state index in [0.717, 1.165) is 30.5 Å². The number of aryl methyl sites for hydroxylation is 2. The van der Waals surface area contributed by atoms with Gasteiger partial charge in [-0.15, -0.1) is 0 Å². The number of phenols is 3. The largest absolute Gasteiger partial charge is 1.00 e. The summed E-state index contributed by atoms with van der Waals surface area (Å²) in [6.45, 7) is 1.31. The predicted octanol–water partition coefficient (Wildman–Crippen LogP) is -2.18. The smallest absolute Gasteiger partial charge is 0.546 e. The van der Waals surface area contributed by atoms with E-state index in [1.165, 1.54) is 0 Å². The molecule has 0 fully saturated rings. The van der Waals surface area contributed by atoms with E-state index in [-0.39, 0.29) is 59.5 Å². The van der Waals surface area contributed by atoms with Crippen LogP contribution in [0.5, 0.6) is 23.0 Å². The van der Waals surface area contributed by atoms with Gasteiger partial charge in [-0.3, -0.25) is 4.79 Å². The SMILES string of the molecule is CCCc1ccc(CCC(=O)c2c(O)cc(OC(CC(O)CO)C(=O)[O-])cc2O)cc1O.[Na+]. The van der Waals surface area contributed by atoms with Crippen molar-refractivity contribution in [2.24, 2.45) is 0 Å². The minimum Gasteiger partial charge on any atom is -0.546 e. The second-order valence-corrected chi connectivity index (χ2v) is 7.47. The molecule has 2 rings (SSSR count). The fraction of sp³-hybridized carbons (Fsp3) is 0.391. The van der Waals surface area contributed by atoms with Crippen molar-refractivity contribution in [3.63, 3.8) is 0 Å². The predicted molar refractivity (Wildman–Crippen MR) is 112 cm³/mol. The molecule has 33 heavy (non-hydrogen) atoms. The summed E-state index contributed by atoms with van der Waals surface area (Å²) >= 11 is 0. The third-order valence-electron chi connectivity index (χ3n) is 4.90. The van der Waals surface area contributed by atoms with Crippen molar-refractivity contribution in [2.75, 3.05) is 6.61 Å². The van der Waals surface area contributed by atoms with Crippen LogP contribution in [0.3, 0.4) is 0 Å². The number of carboxylic acid groups (broad SMARTS) is 1. The van der Waals surface area contributed by atoms with Crippen LogP contribution in [0.1, 0.15) is 47.7 Å². The number of hydrogen-bond donors (Lipinski definition) is 5. The Labute approximate surface area is 213 Å². The van der Waals surface area contributed by atoms with Crippen molar-refractivity contribution >= 4 is 11.8 Å². The van der Waals surface area contributed by atoms with Gasteiger partial charge in [0.1, 0.15) is 34.7 Å². The number of ether oxygens (including phenoxy) is 1. The Bertz CT molecular complexity index is 938. The standard InChI is InChI=1S/C23H28O9.Na/c1-2-3-14-6-4-13(8-18(14)27)5-7-17(26)22-19(28)10-16(11-20(22)29)32-21(23(30)31)9-15(25)12-24;/h4,6,8,10-11,15,21,24-25,27-29H,2-3,5,7,9,12H2,1H3,(H,30,31);/q;+1/p-1. The van der Waals surface area contributed by atoms with Crippen LogP contribution in [0.4, 0.5) is 0 Å². The molecule has 0 aliphatic rings. The number of hydrogen-bond acceptors (Lipinski definition) is 9. The number of aliphatic hydroxyl groups is 2. The molecule has 0 aliphatic heterocycles. The van der Waals surface area contributed by atoms with Crippen LogP contribution < -0.4 is 39.4 Å².